The Hall–Kier alpha value is -2.71. The van der Waals surface area contributed by atoms with Crippen molar-refractivity contribution < 1.29 is 63.1 Å². The van der Waals surface area contributed by atoms with Gasteiger partial charge in [-0.25, -0.2) is 4.57 Å². The van der Waals surface area contributed by atoms with Gasteiger partial charge in [0.1, 0.15) is 43.2 Å². The van der Waals surface area contributed by atoms with E-state index >= 15 is 0 Å². The smallest absolute Gasteiger partial charge is 0.462 e. The third-order valence-corrected chi connectivity index (χ3v) is 11.3. The van der Waals surface area contributed by atoms with Gasteiger partial charge in [-0.15, -0.1) is 0 Å². The number of ether oxygens (including phenoxy) is 2. The first-order valence-electron chi connectivity index (χ1n) is 23.2. The van der Waals surface area contributed by atoms with Crippen LogP contribution in [-0.4, -0.2) is 98.3 Å². The molecule has 13 nitrogen and oxygen atoms in total. The fourth-order valence-electron chi connectivity index (χ4n) is 6.53. The maximum atomic E-state index is 12.8. The third-order valence-electron chi connectivity index (χ3n) is 10.3. The Kier molecular flexibility index (Phi) is 34.8. The van der Waals surface area contributed by atoms with Crippen molar-refractivity contribution in [1.82, 2.24) is 0 Å². The van der Waals surface area contributed by atoms with E-state index in [2.05, 4.69) is 86.8 Å². The molecule has 14 heteroatoms. The minimum Gasteiger partial charge on any atom is -0.462 e. The number of phosphoric acid groups is 1. The lowest BCUT2D eigenvalue weighted by atomic mass is 9.85. The van der Waals surface area contributed by atoms with Gasteiger partial charge < -0.3 is 39.9 Å². The number of hydrogen-bond donors (Lipinski definition) is 6. The molecule has 1 fully saturated rings. The molecule has 0 saturated heterocycles. The topological polar surface area (TPSA) is 210 Å². The minimum atomic E-state index is -5.13. The maximum absolute atomic E-state index is 12.8. The van der Waals surface area contributed by atoms with Crippen LogP contribution < -0.4 is 0 Å². The normalized spacial score (nSPS) is 22.5. The van der Waals surface area contributed by atoms with E-state index in [1.54, 1.807) is 0 Å². The van der Waals surface area contributed by atoms with Gasteiger partial charge in [-0.2, -0.15) is 0 Å². The predicted molar refractivity (Wildman–Crippen MR) is 244 cm³/mol. The third kappa shape index (κ3) is 29.6. The highest BCUT2D eigenvalue weighted by Gasteiger charge is 2.51. The van der Waals surface area contributed by atoms with Crippen molar-refractivity contribution in [2.75, 3.05) is 13.2 Å². The van der Waals surface area contributed by atoms with E-state index < -0.39 is 75.7 Å². The molecule has 1 aliphatic rings. The summed E-state index contributed by atoms with van der Waals surface area (Å²) in [4.78, 5) is 35.7. The summed E-state index contributed by atoms with van der Waals surface area (Å²) in [5.41, 5.74) is 0. The molecular formula is C48H81O13P. The Bertz CT molecular complexity index is 1360. The summed E-state index contributed by atoms with van der Waals surface area (Å²) in [6.07, 6.45) is 33.8. The van der Waals surface area contributed by atoms with Crippen LogP contribution in [0, 0.1) is 0 Å². The zero-order valence-corrected chi connectivity index (χ0v) is 38.5. The monoisotopic (exact) mass is 897 g/mol. The Morgan fingerprint density at radius 2 is 0.919 bits per heavy atom. The Labute approximate surface area is 372 Å². The highest BCUT2D eigenvalue weighted by atomic mass is 31.2. The van der Waals surface area contributed by atoms with Gasteiger partial charge in [0, 0.05) is 12.8 Å². The summed E-state index contributed by atoms with van der Waals surface area (Å²) >= 11 is 0. The van der Waals surface area contributed by atoms with Crippen LogP contribution in [0.3, 0.4) is 0 Å². The average molecular weight is 897 g/mol. The summed E-state index contributed by atoms with van der Waals surface area (Å²) < 4.78 is 33.5. The number of rotatable bonds is 37. The number of phosphoric ester groups is 1. The van der Waals surface area contributed by atoms with Crippen molar-refractivity contribution in [3.63, 3.8) is 0 Å². The minimum absolute atomic E-state index is 0.0735. The molecule has 356 valence electrons. The first-order chi connectivity index (χ1) is 29.9. The first-order valence-corrected chi connectivity index (χ1v) is 24.7. The quantitative estimate of drug-likeness (QED) is 0.0149. The van der Waals surface area contributed by atoms with Crippen LogP contribution >= 0.6 is 7.82 Å². The number of aliphatic hydroxyl groups is 5. The second kappa shape index (κ2) is 37.6. The predicted octanol–water partition coefficient (Wildman–Crippen LogP) is 9.11. The second-order valence-electron chi connectivity index (χ2n) is 15.9. The number of carbonyl (C=O) groups excluding carboxylic acids is 2. The fraction of sp³-hybridized carbons (Fsp3) is 0.708. The first kappa shape index (κ1) is 57.3. The summed E-state index contributed by atoms with van der Waals surface area (Å²) in [5, 5.41) is 50.2. The van der Waals surface area contributed by atoms with E-state index in [4.69, 9.17) is 18.5 Å². The summed E-state index contributed by atoms with van der Waals surface area (Å²) in [6, 6.07) is 0. The van der Waals surface area contributed by atoms with Crippen molar-refractivity contribution in [3.05, 3.63) is 72.9 Å². The zero-order valence-electron chi connectivity index (χ0n) is 37.6. The summed E-state index contributed by atoms with van der Waals surface area (Å²) in [6.45, 7) is 3.11. The van der Waals surface area contributed by atoms with E-state index in [1.807, 2.05) is 0 Å². The Balaban J connectivity index is 2.48. The zero-order chi connectivity index (χ0) is 45.7. The lowest BCUT2D eigenvalue weighted by molar-refractivity contribution is -0.220. The van der Waals surface area contributed by atoms with Crippen LogP contribution in [-0.2, 0) is 32.7 Å². The van der Waals surface area contributed by atoms with Crippen LogP contribution in [0.2, 0.25) is 0 Å². The molecule has 6 unspecified atom stereocenters. The molecule has 0 bridgehead atoms. The van der Waals surface area contributed by atoms with Gasteiger partial charge in [-0.3, -0.25) is 18.6 Å². The molecule has 0 aromatic heterocycles. The molecule has 6 atom stereocenters. The number of esters is 2. The molecule has 62 heavy (non-hydrogen) atoms. The molecular weight excluding hydrogens is 815 g/mol. The van der Waals surface area contributed by atoms with Crippen molar-refractivity contribution in [3.8, 4) is 0 Å². The van der Waals surface area contributed by atoms with Crippen LogP contribution in [0.1, 0.15) is 162 Å². The van der Waals surface area contributed by atoms with Gasteiger partial charge >= 0.3 is 19.8 Å². The van der Waals surface area contributed by atoms with E-state index in [9.17, 15) is 44.6 Å². The van der Waals surface area contributed by atoms with Gasteiger partial charge in [0.2, 0.25) is 0 Å². The second-order valence-corrected chi connectivity index (χ2v) is 17.3. The van der Waals surface area contributed by atoms with Gasteiger partial charge in [0.15, 0.2) is 6.10 Å². The lowest BCUT2D eigenvalue weighted by Crippen LogP contribution is -2.64. The number of hydrogen-bond acceptors (Lipinski definition) is 12. The van der Waals surface area contributed by atoms with Crippen molar-refractivity contribution in [2.24, 2.45) is 0 Å². The van der Waals surface area contributed by atoms with Gasteiger partial charge in [0.25, 0.3) is 0 Å². The molecule has 1 saturated carbocycles. The van der Waals surface area contributed by atoms with Crippen LogP contribution in [0.25, 0.3) is 0 Å². The Morgan fingerprint density at radius 3 is 1.40 bits per heavy atom. The van der Waals surface area contributed by atoms with E-state index in [0.717, 1.165) is 109 Å². The standard InChI is InChI=1S/C48H81O13P/c1-3-5-7-9-11-13-15-17-19-20-21-22-23-25-27-29-31-33-35-37-42(50)60-40(39-59-62(56,57)61-48-46(54)44(52)43(51)45(53)47(48)55)38-58-41(49)36-34-32-30-28-26-24-18-16-14-12-10-8-6-4-2/h5,7,10-13,16-19,21-22,40,43-48,51-55H,3-4,6,8-9,14-15,20,23-39H2,1-2H3,(H,56,57)/b7-5-,12-10-,13-11-,18-16-,19-17-,22-21-. The van der Waals surface area contributed by atoms with E-state index in [0.29, 0.717) is 12.8 Å². The molecule has 0 radical (unpaired) electrons. The highest BCUT2D eigenvalue weighted by molar-refractivity contribution is 7.47. The van der Waals surface area contributed by atoms with Crippen LogP contribution in [0.15, 0.2) is 72.9 Å². The summed E-state index contributed by atoms with van der Waals surface area (Å²) in [5.74, 6) is -1.14. The van der Waals surface area contributed by atoms with Crippen LogP contribution in [0.5, 0.6) is 0 Å². The molecule has 0 aliphatic heterocycles. The number of aliphatic hydroxyl groups excluding tert-OH is 5. The van der Waals surface area contributed by atoms with E-state index in [1.165, 1.54) is 12.8 Å². The summed E-state index contributed by atoms with van der Waals surface area (Å²) in [7, 11) is -5.13. The molecule has 0 amide bonds. The molecule has 0 aromatic rings. The van der Waals surface area contributed by atoms with Crippen molar-refractivity contribution in [1.29, 1.82) is 0 Å². The average Bonchev–Trinajstić information content (AvgIpc) is 3.25. The van der Waals surface area contributed by atoms with E-state index in [-0.39, 0.29) is 12.8 Å². The molecule has 0 aromatic carbocycles. The molecule has 6 N–H and O–H groups in total. The molecule has 0 spiro atoms. The van der Waals surface area contributed by atoms with Crippen molar-refractivity contribution in [2.45, 2.75) is 204 Å². The molecule has 1 rings (SSSR count). The molecule has 0 heterocycles. The Morgan fingerprint density at radius 1 is 0.516 bits per heavy atom. The number of carbonyl (C=O) groups is 2. The van der Waals surface area contributed by atoms with Crippen molar-refractivity contribution >= 4 is 19.8 Å². The lowest BCUT2D eigenvalue weighted by Gasteiger charge is -2.41. The molecule has 1 aliphatic carbocycles. The fourth-order valence-corrected chi connectivity index (χ4v) is 7.50. The number of unbranched alkanes of at least 4 members (excludes halogenated alkanes) is 13. The number of allylic oxidation sites excluding steroid dienone is 12. The van der Waals surface area contributed by atoms with Gasteiger partial charge in [-0.1, -0.05) is 145 Å². The highest BCUT2D eigenvalue weighted by Crippen LogP contribution is 2.47. The largest absolute Gasteiger partial charge is 0.472 e. The SMILES string of the molecule is CC/C=C\C/C=C\C/C=C\C/C=C\CCCCCCCCC(=O)OC(COC(=O)CCCCCCC/C=C\C/C=C\CCCC)COP(=O)(O)OC1C(O)C(O)C(O)C(O)C1O. The van der Waals surface area contributed by atoms with Gasteiger partial charge in [0.05, 0.1) is 6.61 Å². The maximum Gasteiger partial charge on any atom is 0.472 e. The van der Waals surface area contributed by atoms with Crippen LogP contribution in [0.4, 0.5) is 0 Å². The van der Waals surface area contributed by atoms with Gasteiger partial charge in [-0.05, 0) is 77.0 Å².